The number of nitrogens with zero attached hydrogens (tertiary/aromatic N) is 4. The Morgan fingerprint density at radius 3 is 2.59 bits per heavy atom. The molecule has 0 N–H and O–H groups in total. The topological polar surface area (TPSA) is 40.5 Å². The van der Waals surface area contributed by atoms with Gasteiger partial charge in [-0.15, -0.1) is 0 Å². The standard InChI is InChI=1S/C31H37ClN4O2S/c1-4-37-29-19-23(9-11-28(29)38-18-17-34(2)3)22-33-36-15-13-35(14-16-36)27-20-24-7-5-6-8-30(24)39-31-12-10-25(32)21-26(27)31/h5-12,19,21-22,27H,4,13-18,20H2,1-3H3/b33-22+. The number of hydrazone groups is 1. The van der Waals surface area contributed by atoms with E-state index in [1.165, 1.54) is 20.9 Å². The van der Waals surface area contributed by atoms with Gasteiger partial charge in [0.1, 0.15) is 6.61 Å². The summed E-state index contributed by atoms with van der Waals surface area (Å²) in [6, 6.07) is 21.4. The number of hydrogen-bond donors (Lipinski definition) is 0. The fourth-order valence-electron chi connectivity index (χ4n) is 5.02. The van der Waals surface area contributed by atoms with Gasteiger partial charge in [-0.3, -0.25) is 9.91 Å². The highest BCUT2D eigenvalue weighted by Gasteiger charge is 2.30. The molecule has 0 spiro atoms. The summed E-state index contributed by atoms with van der Waals surface area (Å²) in [6.07, 6.45) is 2.92. The SMILES string of the molecule is CCOc1cc(/C=N/N2CCN(C3Cc4ccccc4Sc4ccc(Cl)cc43)CC2)ccc1OCCN(C)C. The van der Waals surface area contributed by atoms with Gasteiger partial charge in [0.05, 0.1) is 12.8 Å². The molecular weight excluding hydrogens is 528 g/mol. The van der Waals surface area contributed by atoms with Crippen LogP contribution in [0.25, 0.3) is 0 Å². The third-order valence-electron chi connectivity index (χ3n) is 7.10. The summed E-state index contributed by atoms with van der Waals surface area (Å²) in [7, 11) is 4.07. The maximum absolute atomic E-state index is 6.47. The van der Waals surface area contributed by atoms with E-state index in [1.807, 2.05) is 63.3 Å². The fraction of sp³-hybridized carbons (Fsp3) is 0.387. The van der Waals surface area contributed by atoms with Crippen LogP contribution in [0.15, 0.2) is 75.6 Å². The number of rotatable bonds is 9. The predicted molar refractivity (Wildman–Crippen MR) is 161 cm³/mol. The van der Waals surface area contributed by atoms with Crippen molar-refractivity contribution in [2.45, 2.75) is 29.2 Å². The van der Waals surface area contributed by atoms with E-state index in [9.17, 15) is 0 Å². The van der Waals surface area contributed by atoms with E-state index in [-0.39, 0.29) is 0 Å². The number of benzene rings is 3. The average Bonchev–Trinajstić information content (AvgIpc) is 3.10. The molecule has 0 aliphatic carbocycles. The van der Waals surface area contributed by atoms with Crippen LogP contribution in [0.2, 0.25) is 5.02 Å². The van der Waals surface area contributed by atoms with Crippen LogP contribution in [0.3, 0.4) is 0 Å². The molecule has 2 aliphatic heterocycles. The summed E-state index contributed by atoms with van der Waals surface area (Å²) in [5.74, 6) is 1.53. The van der Waals surface area contributed by atoms with Crippen LogP contribution in [0, 0.1) is 0 Å². The second kappa shape index (κ2) is 13.1. The molecule has 1 saturated heterocycles. The number of piperazine rings is 1. The molecule has 1 fully saturated rings. The second-order valence-corrected chi connectivity index (χ2v) is 11.7. The number of fused-ring (bicyclic) bond motifs is 2. The Hall–Kier alpha value is -2.71. The van der Waals surface area contributed by atoms with Crippen LogP contribution < -0.4 is 9.47 Å². The molecule has 1 atom stereocenters. The Kier molecular flexibility index (Phi) is 9.35. The maximum atomic E-state index is 6.47. The van der Waals surface area contributed by atoms with Crippen molar-refractivity contribution in [1.82, 2.24) is 14.8 Å². The summed E-state index contributed by atoms with van der Waals surface area (Å²) < 4.78 is 11.8. The predicted octanol–water partition coefficient (Wildman–Crippen LogP) is 6.08. The van der Waals surface area contributed by atoms with Gasteiger partial charge >= 0.3 is 0 Å². The Bertz CT molecular complexity index is 1290. The van der Waals surface area contributed by atoms with Gasteiger partial charge in [0.2, 0.25) is 0 Å². The zero-order chi connectivity index (χ0) is 27.2. The zero-order valence-electron chi connectivity index (χ0n) is 23.0. The molecule has 8 heteroatoms. The Balaban J connectivity index is 1.25. The molecule has 0 bridgehead atoms. The lowest BCUT2D eigenvalue weighted by Gasteiger charge is -2.38. The molecule has 6 nitrogen and oxygen atoms in total. The van der Waals surface area contributed by atoms with Crippen molar-refractivity contribution in [2.24, 2.45) is 5.10 Å². The Morgan fingerprint density at radius 2 is 1.79 bits per heavy atom. The Labute approximate surface area is 241 Å². The van der Waals surface area contributed by atoms with E-state index in [2.05, 4.69) is 51.2 Å². The van der Waals surface area contributed by atoms with Crippen molar-refractivity contribution in [1.29, 1.82) is 0 Å². The first-order chi connectivity index (χ1) is 19.0. The lowest BCUT2D eigenvalue weighted by molar-refractivity contribution is 0.0970. The average molecular weight is 565 g/mol. The lowest BCUT2D eigenvalue weighted by Crippen LogP contribution is -2.46. The van der Waals surface area contributed by atoms with E-state index < -0.39 is 0 Å². The highest BCUT2D eigenvalue weighted by atomic mass is 35.5. The molecule has 5 rings (SSSR count). The zero-order valence-corrected chi connectivity index (χ0v) is 24.5. The molecule has 206 valence electrons. The highest BCUT2D eigenvalue weighted by Crippen LogP contribution is 2.43. The molecule has 0 saturated carbocycles. The van der Waals surface area contributed by atoms with Gasteiger partial charge in [0.15, 0.2) is 11.5 Å². The van der Waals surface area contributed by atoms with Crippen LogP contribution in [-0.2, 0) is 6.42 Å². The first kappa shape index (κ1) is 27.8. The molecule has 0 radical (unpaired) electrons. The van der Waals surface area contributed by atoms with E-state index in [4.69, 9.17) is 26.2 Å². The van der Waals surface area contributed by atoms with Crippen LogP contribution in [-0.4, -0.2) is 81.1 Å². The summed E-state index contributed by atoms with van der Waals surface area (Å²) in [5, 5.41) is 7.78. The molecule has 2 aliphatic rings. The molecule has 3 aromatic carbocycles. The molecular formula is C31H37ClN4O2S. The van der Waals surface area contributed by atoms with Gasteiger partial charge in [-0.2, -0.15) is 5.10 Å². The minimum Gasteiger partial charge on any atom is -0.490 e. The number of ether oxygens (including phenoxy) is 2. The normalized spacial score (nSPS) is 17.7. The van der Waals surface area contributed by atoms with E-state index in [0.717, 1.165) is 61.2 Å². The van der Waals surface area contributed by atoms with Gasteiger partial charge < -0.3 is 14.4 Å². The second-order valence-electron chi connectivity index (χ2n) is 10.1. The van der Waals surface area contributed by atoms with Crippen molar-refractivity contribution >= 4 is 29.6 Å². The van der Waals surface area contributed by atoms with Crippen molar-refractivity contribution in [3.05, 3.63) is 82.4 Å². The summed E-state index contributed by atoms with van der Waals surface area (Å²) >= 11 is 8.33. The van der Waals surface area contributed by atoms with E-state index in [0.29, 0.717) is 19.3 Å². The van der Waals surface area contributed by atoms with Gasteiger partial charge in [-0.1, -0.05) is 41.6 Å². The van der Waals surface area contributed by atoms with Crippen molar-refractivity contribution in [3.63, 3.8) is 0 Å². The van der Waals surface area contributed by atoms with Crippen molar-refractivity contribution in [3.8, 4) is 11.5 Å². The first-order valence-corrected chi connectivity index (χ1v) is 14.8. The first-order valence-electron chi connectivity index (χ1n) is 13.6. The lowest BCUT2D eigenvalue weighted by atomic mass is 9.97. The summed E-state index contributed by atoms with van der Waals surface area (Å²) in [4.78, 5) is 7.33. The molecule has 39 heavy (non-hydrogen) atoms. The molecule has 2 heterocycles. The minimum absolute atomic E-state index is 0.301. The highest BCUT2D eigenvalue weighted by molar-refractivity contribution is 7.99. The largest absolute Gasteiger partial charge is 0.490 e. The third-order valence-corrected chi connectivity index (χ3v) is 8.55. The molecule has 3 aromatic rings. The van der Waals surface area contributed by atoms with Crippen LogP contribution in [0.4, 0.5) is 0 Å². The Morgan fingerprint density at radius 1 is 0.974 bits per heavy atom. The van der Waals surface area contributed by atoms with Crippen LogP contribution >= 0.6 is 23.4 Å². The van der Waals surface area contributed by atoms with Gasteiger partial charge in [0.25, 0.3) is 0 Å². The number of halogens is 1. The quantitative estimate of drug-likeness (QED) is 0.293. The van der Waals surface area contributed by atoms with E-state index >= 15 is 0 Å². The summed E-state index contributed by atoms with van der Waals surface area (Å²) in [5.41, 5.74) is 3.73. The van der Waals surface area contributed by atoms with Crippen molar-refractivity contribution in [2.75, 3.05) is 60.0 Å². The van der Waals surface area contributed by atoms with Gasteiger partial charge in [0, 0.05) is 53.6 Å². The van der Waals surface area contributed by atoms with Crippen LogP contribution in [0.5, 0.6) is 11.5 Å². The fourth-order valence-corrected chi connectivity index (χ4v) is 6.32. The smallest absolute Gasteiger partial charge is 0.161 e. The monoisotopic (exact) mass is 564 g/mol. The van der Waals surface area contributed by atoms with E-state index in [1.54, 1.807) is 0 Å². The minimum atomic E-state index is 0.301. The van der Waals surface area contributed by atoms with Gasteiger partial charge in [-0.05, 0) is 86.6 Å². The molecule has 0 amide bonds. The maximum Gasteiger partial charge on any atom is 0.161 e. The van der Waals surface area contributed by atoms with Crippen molar-refractivity contribution < 1.29 is 9.47 Å². The number of hydrogen-bond acceptors (Lipinski definition) is 7. The molecule has 0 aromatic heterocycles. The third kappa shape index (κ3) is 7.09. The number of likely N-dealkylation sites (N-methyl/N-ethyl adjacent to an activating group) is 1. The summed E-state index contributed by atoms with van der Waals surface area (Å²) in [6.45, 7) is 7.70. The van der Waals surface area contributed by atoms with Crippen LogP contribution in [0.1, 0.15) is 29.7 Å². The van der Waals surface area contributed by atoms with Gasteiger partial charge in [-0.25, -0.2) is 0 Å². The molecule has 1 unspecified atom stereocenters.